The number of rotatable bonds is 2. The second-order valence-corrected chi connectivity index (χ2v) is 5.74. The van der Waals surface area contributed by atoms with Gasteiger partial charge in [0.05, 0.1) is 22.8 Å². The topological polar surface area (TPSA) is 38.7 Å². The summed E-state index contributed by atoms with van der Waals surface area (Å²) in [6.45, 7) is 2.04. The maximum atomic E-state index is 4.83. The number of aryl methyl sites for hydroxylation is 2. The van der Waals surface area contributed by atoms with Crippen molar-refractivity contribution in [3.63, 3.8) is 0 Å². The van der Waals surface area contributed by atoms with E-state index >= 15 is 0 Å². The van der Waals surface area contributed by atoms with Crippen LogP contribution >= 0.6 is 0 Å². The normalized spacial score (nSPS) is 12.9. The van der Waals surface area contributed by atoms with Crippen molar-refractivity contribution in [2.24, 2.45) is 0 Å². The molecule has 2 heterocycles. The Hall–Kier alpha value is -2.81. The van der Waals surface area contributed by atoms with Gasteiger partial charge in [-0.25, -0.2) is 4.98 Å². The zero-order chi connectivity index (χ0) is 15.6. The maximum absolute atomic E-state index is 4.83. The van der Waals surface area contributed by atoms with E-state index in [1.807, 2.05) is 31.5 Å². The van der Waals surface area contributed by atoms with Gasteiger partial charge in [-0.1, -0.05) is 30.3 Å². The third-order valence-electron chi connectivity index (χ3n) is 4.17. The Balaban J connectivity index is 1.73. The Morgan fingerprint density at radius 2 is 1.52 bits per heavy atom. The fourth-order valence-corrected chi connectivity index (χ4v) is 2.95. The Kier molecular flexibility index (Phi) is 3.46. The lowest BCUT2D eigenvalue weighted by atomic mass is 10.0. The van der Waals surface area contributed by atoms with E-state index in [-0.39, 0.29) is 0 Å². The van der Waals surface area contributed by atoms with Gasteiger partial charge >= 0.3 is 0 Å². The van der Waals surface area contributed by atoms with Crippen molar-refractivity contribution in [1.29, 1.82) is 0 Å². The molecule has 0 amide bonds. The average molecular weight is 299 g/mol. The lowest BCUT2D eigenvalue weighted by Crippen LogP contribution is -2.05. The molecule has 0 N–H and O–H groups in total. The summed E-state index contributed by atoms with van der Waals surface area (Å²) in [5, 5.41) is 0. The van der Waals surface area contributed by atoms with Crippen LogP contribution in [0.2, 0.25) is 0 Å². The first-order valence-electron chi connectivity index (χ1n) is 7.86. The van der Waals surface area contributed by atoms with Crippen LogP contribution in [0.15, 0.2) is 54.9 Å². The van der Waals surface area contributed by atoms with E-state index in [4.69, 9.17) is 9.97 Å². The zero-order valence-electron chi connectivity index (χ0n) is 13.0. The van der Waals surface area contributed by atoms with E-state index in [2.05, 4.69) is 41.4 Å². The van der Waals surface area contributed by atoms with Gasteiger partial charge < -0.3 is 0 Å². The van der Waals surface area contributed by atoms with Crippen LogP contribution in [0.3, 0.4) is 0 Å². The number of hydrogen-bond donors (Lipinski definition) is 0. The number of pyridine rings is 1. The lowest BCUT2D eigenvalue weighted by Gasteiger charge is -2.13. The van der Waals surface area contributed by atoms with Gasteiger partial charge in [-0.2, -0.15) is 0 Å². The fraction of sp³-hybridized carbons (Fsp3) is 0.150. The van der Waals surface area contributed by atoms with Crippen molar-refractivity contribution in [2.45, 2.75) is 19.8 Å². The molecule has 0 saturated carbocycles. The van der Waals surface area contributed by atoms with E-state index in [0.29, 0.717) is 0 Å². The van der Waals surface area contributed by atoms with Crippen LogP contribution < -0.4 is 0 Å². The van der Waals surface area contributed by atoms with Gasteiger partial charge in [0.1, 0.15) is 0 Å². The molecule has 4 rings (SSSR count). The molecule has 3 heteroatoms. The predicted molar refractivity (Wildman–Crippen MR) is 92.8 cm³/mol. The third kappa shape index (κ3) is 2.66. The van der Waals surface area contributed by atoms with Gasteiger partial charge in [0, 0.05) is 18.0 Å². The summed E-state index contributed by atoms with van der Waals surface area (Å²) in [5.74, 6) is 0. The van der Waals surface area contributed by atoms with Gasteiger partial charge in [0.25, 0.3) is 0 Å². The third-order valence-corrected chi connectivity index (χ3v) is 4.17. The molecule has 0 spiro atoms. The lowest BCUT2D eigenvalue weighted by molar-refractivity contribution is 0.889. The van der Waals surface area contributed by atoms with Crippen LogP contribution in [-0.4, -0.2) is 15.0 Å². The first-order valence-corrected chi connectivity index (χ1v) is 7.86. The quantitative estimate of drug-likeness (QED) is 0.700. The smallest absolute Gasteiger partial charge is 0.0921 e. The summed E-state index contributed by atoms with van der Waals surface area (Å²) in [6.07, 6.45) is 9.92. The van der Waals surface area contributed by atoms with Crippen LogP contribution in [0.4, 0.5) is 0 Å². The first-order chi connectivity index (χ1) is 11.3. The summed E-state index contributed by atoms with van der Waals surface area (Å²) in [7, 11) is 0. The molecule has 23 heavy (non-hydrogen) atoms. The predicted octanol–water partition coefficient (Wildman–Crippen LogP) is 4.47. The molecule has 0 atom stereocenters. The van der Waals surface area contributed by atoms with E-state index in [9.17, 15) is 0 Å². The maximum Gasteiger partial charge on any atom is 0.0921 e. The van der Waals surface area contributed by atoms with Gasteiger partial charge in [0.15, 0.2) is 0 Å². The summed E-state index contributed by atoms with van der Waals surface area (Å²) >= 11 is 0. The van der Waals surface area contributed by atoms with E-state index in [1.165, 1.54) is 11.1 Å². The Labute approximate surface area is 135 Å². The molecule has 0 bridgehead atoms. The number of aromatic nitrogens is 3. The largest absolute Gasteiger partial charge is 0.265 e. The zero-order valence-corrected chi connectivity index (χ0v) is 13.0. The van der Waals surface area contributed by atoms with Gasteiger partial charge in [0.2, 0.25) is 0 Å². The second-order valence-electron chi connectivity index (χ2n) is 5.74. The van der Waals surface area contributed by atoms with Crippen LogP contribution in [0.25, 0.3) is 28.5 Å². The molecule has 0 saturated heterocycles. The number of fused-ring (bicyclic) bond motifs is 1. The van der Waals surface area contributed by atoms with Crippen LogP contribution in [0.1, 0.15) is 23.5 Å². The van der Waals surface area contributed by atoms with Crippen LogP contribution in [-0.2, 0) is 6.42 Å². The highest BCUT2D eigenvalue weighted by Gasteiger charge is 2.13. The summed E-state index contributed by atoms with van der Waals surface area (Å²) in [6, 6.07) is 12.5. The average Bonchev–Trinajstić information content (AvgIpc) is 2.62. The Bertz CT molecular complexity index is 865. The molecule has 3 nitrogen and oxygen atoms in total. The molecule has 1 aliphatic rings. The standard InChI is InChI=1S/C20H17N3/c1-14-20(23-19-5-3-2-4-18(19)22-14)17-8-6-15(7-9-17)16-10-12-21-13-11-16/h3,5-13H,2,4H2,1H3. The van der Waals surface area contributed by atoms with Crippen molar-refractivity contribution in [3.8, 4) is 22.4 Å². The molecule has 2 aromatic heterocycles. The molecule has 112 valence electrons. The van der Waals surface area contributed by atoms with E-state index in [0.717, 1.165) is 41.2 Å². The SMILES string of the molecule is Cc1nc2c(nc1-c1ccc(-c3ccncc3)cc1)C=CCC2. The molecule has 1 aromatic carbocycles. The molecule has 1 aliphatic carbocycles. The van der Waals surface area contributed by atoms with E-state index in [1.54, 1.807) is 0 Å². The highest BCUT2D eigenvalue weighted by Crippen LogP contribution is 2.27. The minimum Gasteiger partial charge on any atom is -0.265 e. The number of nitrogens with zero attached hydrogens (tertiary/aromatic N) is 3. The fourth-order valence-electron chi connectivity index (χ4n) is 2.95. The summed E-state index contributed by atoms with van der Waals surface area (Å²) in [4.78, 5) is 13.6. The molecule has 0 aliphatic heterocycles. The number of benzene rings is 1. The highest BCUT2D eigenvalue weighted by molar-refractivity contribution is 5.70. The minimum absolute atomic E-state index is 0.969. The van der Waals surface area contributed by atoms with Crippen LogP contribution in [0.5, 0.6) is 0 Å². The second kappa shape index (κ2) is 5.76. The summed E-state index contributed by atoms with van der Waals surface area (Å²) < 4.78 is 0. The minimum atomic E-state index is 0.969. The van der Waals surface area contributed by atoms with Gasteiger partial charge in [-0.3, -0.25) is 9.97 Å². The molecule has 0 unspecified atom stereocenters. The Morgan fingerprint density at radius 1 is 0.826 bits per heavy atom. The highest BCUT2D eigenvalue weighted by atomic mass is 14.8. The van der Waals surface area contributed by atoms with Gasteiger partial charge in [-0.05, 0) is 49.1 Å². The van der Waals surface area contributed by atoms with Gasteiger partial charge in [-0.15, -0.1) is 0 Å². The number of allylic oxidation sites excluding steroid dienone is 1. The Morgan fingerprint density at radius 3 is 2.30 bits per heavy atom. The van der Waals surface area contributed by atoms with Crippen molar-refractivity contribution >= 4 is 6.08 Å². The molecular formula is C20H17N3. The van der Waals surface area contributed by atoms with Crippen molar-refractivity contribution < 1.29 is 0 Å². The number of hydrogen-bond acceptors (Lipinski definition) is 3. The van der Waals surface area contributed by atoms with Crippen molar-refractivity contribution in [1.82, 2.24) is 15.0 Å². The summed E-state index contributed by atoms with van der Waals surface area (Å²) in [5.41, 5.74) is 7.54. The molecule has 0 fully saturated rings. The molecular weight excluding hydrogens is 282 g/mol. The molecule has 3 aromatic rings. The van der Waals surface area contributed by atoms with E-state index < -0.39 is 0 Å². The molecule has 0 radical (unpaired) electrons. The monoisotopic (exact) mass is 299 g/mol. The van der Waals surface area contributed by atoms with Crippen LogP contribution in [0, 0.1) is 6.92 Å². The van der Waals surface area contributed by atoms with Crippen molar-refractivity contribution in [2.75, 3.05) is 0 Å². The first kappa shape index (κ1) is 13.8. The van der Waals surface area contributed by atoms with Crippen molar-refractivity contribution in [3.05, 3.63) is 71.9 Å².